The molecule has 0 radical (unpaired) electrons. The Morgan fingerprint density at radius 2 is 2.07 bits per heavy atom. The number of nitrogens with zero attached hydrogens (tertiary/aromatic N) is 2. The van der Waals surface area contributed by atoms with Gasteiger partial charge >= 0.3 is 0 Å². The predicted molar refractivity (Wildman–Crippen MR) is 112 cm³/mol. The number of benzene rings is 1. The molecule has 1 unspecified atom stereocenters. The van der Waals surface area contributed by atoms with E-state index in [0.717, 1.165) is 43.9 Å². The van der Waals surface area contributed by atoms with Crippen LogP contribution < -0.4 is 15.4 Å². The highest BCUT2D eigenvalue weighted by molar-refractivity contribution is 5.79. The van der Waals surface area contributed by atoms with Crippen molar-refractivity contribution in [3.8, 4) is 5.75 Å². The van der Waals surface area contributed by atoms with Crippen LogP contribution in [0.25, 0.3) is 0 Å². The number of ether oxygens (including phenoxy) is 1. The van der Waals surface area contributed by atoms with Crippen LogP contribution in [0.4, 0.5) is 0 Å². The lowest BCUT2D eigenvalue weighted by atomic mass is 9.98. The third-order valence-electron chi connectivity index (χ3n) is 5.67. The first-order chi connectivity index (χ1) is 13.2. The van der Waals surface area contributed by atoms with Gasteiger partial charge in [0.15, 0.2) is 5.96 Å². The Labute approximate surface area is 164 Å². The third kappa shape index (κ3) is 6.42. The van der Waals surface area contributed by atoms with Crippen LogP contribution in [0.15, 0.2) is 23.2 Å². The van der Waals surface area contributed by atoms with E-state index in [2.05, 4.69) is 52.6 Å². The van der Waals surface area contributed by atoms with Gasteiger partial charge in [0.1, 0.15) is 5.75 Å². The van der Waals surface area contributed by atoms with E-state index in [1.165, 1.54) is 49.9 Å². The van der Waals surface area contributed by atoms with Crippen LogP contribution >= 0.6 is 0 Å². The summed E-state index contributed by atoms with van der Waals surface area (Å²) in [5.41, 5.74) is 2.43. The van der Waals surface area contributed by atoms with E-state index in [1.807, 2.05) is 7.05 Å². The molecule has 0 spiro atoms. The van der Waals surface area contributed by atoms with Crippen LogP contribution in [-0.4, -0.2) is 50.7 Å². The van der Waals surface area contributed by atoms with Gasteiger partial charge in [-0.2, -0.15) is 0 Å². The minimum atomic E-state index is 0.703. The topological polar surface area (TPSA) is 48.9 Å². The van der Waals surface area contributed by atoms with Crippen LogP contribution in [0.2, 0.25) is 0 Å². The molecule has 150 valence electrons. The molecule has 1 aromatic rings. The standard InChI is InChI=1S/C22H36N4O/c1-4-26-11-5-6-19(15-26)13-24-22(23-3)25-14-20-10-7-17(2)12-21(20)27-16-18-8-9-18/h7,10,12,18-19H,4-6,8-9,11,13-16H2,1-3H3,(H2,23,24,25). The maximum absolute atomic E-state index is 6.08. The molecule has 27 heavy (non-hydrogen) atoms. The van der Waals surface area contributed by atoms with E-state index in [-0.39, 0.29) is 0 Å². The molecule has 2 aliphatic rings. The number of guanidine groups is 1. The molecule has 1 heterocycles. The number of aliphatic imine (C=N–C) groups is 1. The summed E-state index contributed by atoms with van der Waals surface area (Å²) in [5.74, 6) is 3.35. The molecule has 1 aliphatic heterocycles. The number of rotatable bonds is 8. The van der Waals surface area contributed by atoms with Crippen molar-refractivity contribution in [3.63, 3.8) is 0 Å². The summed E-state index contributed by atoms with van der Waals surface area (Å²) in [5, 5.41) is 6.98. The van der Waals surface area contributed by atoms with Crippen molar-refractivity contribution in [1.82, 2.24) is 15.5 Å². The Kier molecular flexibility index (Phi) is 7.39. The summed E-state index contributed by atoms with van der Waals surface area (Å²) in [6.45, 7) is 10.5. The largest absolute Gasteiger partial charge is 0.493 e. The fourth-order valence-corrected chi connectivity index (χ4v) is 3.68. The van der Waals surface area contributed by atoms with Crippen molar-refractivity contribution in [2.75, 3.05) is 39.8 Å². The molecule has 1 saturated carbocycles. The first-order valence-electron chi connectivity index (χ1n) is 10.6. The molecule has 2 fully saturated rings. The smallest absolute Gasteiger partial charge is 0.191 e. The second-order valence-corrected chi connectivity index (χ2v) is 8.07. The van der Waals surface area contributed by atoms with Crippen LogP contribution in [0.1, 0.15) is 43.7 Å². The molecule has 0 amide bonds. The summed E-state index contributed by atoms with van der Waals surface area (Å²) >= 11 is 0. The highest BCUT2D eigenvalue weighted by Crippen LogP contribution is 2.30. The molecule has 1 aliphatic carbocycles. The van der Waals surface area contributed by atoms with Crippen LogP contribution in [0.3, 0.4) is 0 Å². The second kappa shape index (κ2) is 9.98. The van der Waals surface area contributed by atoms with Gasteiger partial charge in [-0.25, -0.2) is 0 Å². The molecule has 5 heteroatoms. The highest BCUT2D eigenvalue weighted by atomic mass is 16.5. The van der Waals surface area contributed by atoms with Crippen LogP contribution in [0, 0.1) is 18.8 Å². The quantitative estimate of drug-likeness (QED) is 0.544. The number of nitrogens with one attached hydrogen (secondary N) is 2. The fraction of sp³-hybridized carbons (Fsp3) is 0.682. The van der Waals surface area contributed by atoms with Crippen molar-refractivity contribution < 1.29 is 4.74 Å². The van der Waals surface area contributed by atoms with Crippen molar-refractivity contribution in [2.45, 2.75) is 46.1 Å². The lowest BCUT2D eigenvalue weighted by Crippen LogP contribution is -2.44. The average molecular weight is 373 g/mol. The van der Waals surface area contributed by atoms with E-state index in [9.17, 15) is 0 Å². The first kappa shape index (κ1) is 20.0. The van der Waals surface area contributed by atoms with E-state index in [4.69, 9.17) is 4.74 Å². The fourth-order valence-electron chi connectivity index (χ4n) is 3.68. The second-order valence-electron chi connectivity index (χ2n) is 8.07. The van der Waals surface area contributed by atoms with E-state index in [0.29, 0.717) is 5.92 Å². The minimum Gasteiger partial charge on any atom is -0.493 e. The van der Waals surface area contributed by atoms with Gasteiger partial charge in [-0.15, -0.1) is 0 Å². The van der Waals surface area contributed by atoms with E-state index in [1.54, 1.807) is 0 Å². The summed E-state index contributed by atoms with van der Waals surface area (Å²) in [6, 6.07) is 6.47. The molecule has 0 aromatic heterocycles. The molecule has 3 rings (SSSR count). The summed E-state index contributed by atoms with van der Waals surface area (Å²) in [7, 11) is 1.84. The van der Waals surface area contributed by atoms with Crippen molar-refractivity contribution >= 4 is 5.96 Å². The zero-order valence-electron chi connectivity index (χ0n) is 17.3. The molecular weight excluding hydrogens is 336 g/mol. The lowest BCUT2D eigenvalue weighted by Gasteiger charge is -2.32. The van der Waals surface area contributed by atoms with Gasteiger partial charge in [0.2, 0.25) is 0 Å². The van der Waals surface area contributed by atoms with E-state index >= 15 is 0 Å². The van der Waals surface area contributed by atoms with Crippen molar-refractivity contribution in [3.05, 3.63) is 29.3 Å². The number of hydrogen-bond donors (Lipinski definition) is 2. The molecular formula is C22H36N4O. The predicted octanol–water partition coefficient (Wildman–Crippen LogP) is 3.18. The van der Waals surface area contributed by atoms with Gasteiger partial charge in [-0.05, 0) is 69.2 Å². The first-order valence-corrected chi connectivity index (χ1v) is 10.6. The maximum atomic E-state index is 6.08. The normalized spacial score (nSPS) is 21.1. The Hall–Kier alpha value is -1.75. The van der Waals surface area contributed by atoms with Crippen LogP contribution in [-0.2, 0) is 6.54 Å². The van der Waals surface area contributed by atoms with Crippen LogP contribution in [0.5, 0.6) is 5.75 Å². The molecule has 1 atom stereocenters. The molecule has 5 nitrogen and oxygen atoms in total. The minimum absolute atomic E-state index is 0.703. The Bertz CT molecular complexity index is 627. The Morgan fingerprint density at radius 1 is 1.22 bits per heavy atom. The van der Waals surface area contributed by atoms with Gasteiger partial charge < -0.3 is 20.3 Å². The Morgan fingerprint density at radius 3 is 2.81 bits per heavy atom. The summed E-state index contributed by atoms with van der Waals surface area (Å²) in [6.07, 6.45) is 5.23. The summed E-state index contributed by atoms with van der Waals surface area (Å²) in [4.78, 5) is 6.94. The van der Waals surface area contributed by atoms with E-state index < -0.39 is 0 Å². The van der Waals surface area contributed by atoms with Crippen molar-refractivity contribution in [2.24, 2.45) is 16.8 Å². The number of hydrogen-bond acceptors (Lipinski definition) is 3. The lowest BCUT2D eigenvalue weighted by molar-refractivity contribution is 0.183. The molecule has 2 N–H and O–H groups in total. The Balaban J connectivity index is 1.48. The summed E-state index contributed by atoms with van der Waals surface area (Å²) < 4.78 is 6.08. The monoisotopic (exact) mass is 372 g/mol. The number of aryl methyl sites for hydroxylation is 1. The highest BCUT2D eigenvalue weighted by Gasteiger charge is 2.22. The zero-order chi connectivity index (χ0) is 19.1. The molecule has 1 aromatic carbocycles. The molecule has 1 saturated heterocycles. The van der Waals surface area contributed by atoms with Gasteiger partial charge in [-0.3, -0.25) is 4.99 Å². The zero-order valence-corrected chi connectivity index (χ0v) is 17.3. The number of likely N-dealkylation sites (tertiary alicyclic amines) is 1. The van der Waals surface area contributed by atoms with Gasteiger partial charge in [0.25, 0.3) is 0 Å². The maximum Gasteiger partial charge on any atom is 0.191 e. The van der Waals surface area contributed by atoms with Gasteiger partial charge in [-0.1, -0.05) is 19.1 Å². The average Bonchev–Trinajstić information content (AvgIpc) is 3.52. The SMILES string of the molecule is CCN1CCCC(CNC(=NC)NCc2ccc(C)cc2OCC2CC2)C1. The third-order valence-corrected chi connectivity index (χ3v) is 5.67. The van der Waals surface area contributed by atoms with Gasteiger partial charge in [0.05, 0.1) is 6.61 Å². The number of piperidine rings is 1. The molecule has 0 bridgehead atoms. The van der Waals surface area contributed by atoms with Crippen molar-refractivity contribution in [1.29, 1.82) is 0 Å². The van der Waals surface area contributed by atoms with Gasteiger partial charge in [0, 0.05) is 32.2 Å².